The predicted molar refractivity (Wildman–Crippen MR) is 132 cm³/mol. The summed E-state index contributed by atoms with van der Waals surface area (Å²) in [5.41, 5.74) is 2.13. The zero-order valence-electron chi connectivity index (χ0n) is 19.2. The van der Waals surface area contributed by atoms with Gasteiger partial charge in [0.2, 0.25) is 0 Å². The summed E-state index contributed by atoms with van der Waals surface area (Å²) in [7, 11) is 0. The highest BCUT2D eigenvalue weighted by atomic mass is 16.5. The van der Waals surface area contributed by atoms with E-state index in [0.29, 0.717) is 17.9 Å². The van der Waals surface area contributed by atoms with E-state index in [1.54, 1.807) is 12.1 Å². The normalized spacial score (nSPS) is 18.4. The van der Waals surface area contributed by atoms with Crippen LogP contribution in [0, 0.1) is 0 Å². The number of nitrogens with one attached hydrogen (secondary N) is 1. The van der Waals surface area contributed by atoms with Crippen molar-refractivity contribution in [2.75, 3.05) is 11.4 Å². The largest absolute Gasteiger partial charge is 0.504 e. The van der Waals surface area contributed by atoms with Crippen LogP contribution in [0.3, 0.4) is 0 Å². The minimum atomic E-state index is -0.460. The molecular formula is C28H32N2O3. The van der Waals surface area contributed by atoms with Gasteiger partial charge in [0.05, 0.1) is 0 Å². The Labute approximate surface area is 196 Å². The predicted octanol–water partition coefficient (Wildman–Crippen LogP) is 5.89. The standard InChI is InChI=1S/C28H32N2O3/c1-2-28(18-10-5-11-19-30(28)24-14-8-4-9-15-24)29-27(32)23-16-17-25(31)26(20-23)33-21-22-12-6-3-7-13-22/h3-4,6-9,12-17,20,31H,2,5,10-11,18-19,21H2,1H3,(H,29,32). The molecular weight excluding hydrogens is 412 g/mol. The van der Waals surface area contributed by atoms with Crippen molar-refractivity contribution in [3.05, 3.63) is 90.0 Å². The maximum Gasteiger partial charge on any atom is 0.253 e. The third kappa shape index (κ3) is 5.30. The third-order valence-electron chi connectivity index (χ3n) is 6.45. The summed E-state index contributed by atoms with van der Waals surface area (Å²) in [5.74, 6) is 0.162. The third-order valence-corrected chi connectivity index (χ3v) is 6.45. The van der Waals surface area contributed by atoms with Crippen LogP contribution in [0.5, 0.6) is 11.5 Å². The quantitative estimate of drug-likeness (QED) is 0.477. The lowest BCUT2D eigenvalue weighted by Crippen LogP contribution is -2.60. The number of nitrogens with zero attached hydrogens (tertiary/aromatic N) is 1. The van der Waals surface area contributed by atoms with Crippen molar-refractivity contribution in [3.8, 4) is 11.5 Å². The number of phenolic OH excluding ortho intramolecular Hbond substituents is 1. The molecule has 0 aromatic heterocycles. The van der Waals surface area contributed by atoms with Crippen molar-refractivity contribution >= 4 is 11.6 Å². The molecule has 0 radical (unpaired) electrons. The lowest BCUT2D eigenvalue weighted by molar-refractivity contribution is 0.0886. The molecule has 172 valence electrons. The number of hydrogen-bond acceptors (Lipinski definition) is 4. The summed E-state index contributed by atoms with van der Waals surface area (Å²) in [4.78, 5) is 15.8. The first-order valence-electron chi connectivity index (χ1n) is 11.8. The molecule has 3 aromatic carbocycles. The molecule has 0 saturated carbocycles. The van der Waals surface area contributed by atoms with Crippen LogP contribution in [0.2, 0.25) is 0 Å². The zero-order valence-corrected chi connectivity index (χ0v) is 19.2. The Hall–Kier alpha value is -3.47. The first-order valence-corrected chi connectivity index (χ1v) is 11.8. The number of rotatable bonds is 7. The number of benzene rings is 3. The highest BCUT2D eigenvalue weighted by Crippen LogP contribution is 2.34. The van der Waals surface area contributed by atoms with Gasteiger partial charge in [0.15, 0.2) is 11.5 Å². The molecule has 5 heteroatoms. The molecule has 0 bridgehead atoms. The van der Waals surface area contributed by atoms with E-state index in [1.165, 1.54) is 6.07 Å². The van der Waals surface area contributed by atoms with Gasteiger partial charge in [-0.05, 0) is 61.6 Å². The van der Waals surface area contributed by atoms with Crippen molar-refractivity contribution in [1.82, 2.24) is 5.32 Å². The number of hydrogen-bond donors (Lipinski definition) is 2. The molecule has 1 amide bonds. The van der Waals surface area contributed by atoms with Gasteiger partial charge in [-0.2, -0.15) is 0 Å². The summed E-state index contributed by atoms with van der Waals surface area (Å²) in [6.45, 7) is 3.35. The van der Waals surface area contributed by atoms with Crippen LogP contribution in [-0.2, 0) is 6.61 Å². The molecule has 33 heavy (non-hydrogen) atoms. The number of phenols is 1. The molecule has 1 heterocycles. The van der Waals surface area contributed by atoms with Crippen molar-refractivity contribution in [2.45, 2.75) is 51.3 Å². The maximum absolute atomic E-state index is 13.4. The van der Waals surface area contributed by atoms with E-state index in [9.17, 15) is 9.90 Å². The van der Waals surface area contributed by atoms with Crippen LogP contribution < -0.4 is 15.0 Å². The number of ether oxygens (including phenoxy) is 1. The zero-order chi connectivity index (χ0) is 23.1. The van der Waals surface area contributed by atoms with E-state index in [4.69, 9.17) is 4.74 Å². The Kier molecular flexibility index (Phi) is 7.18. The summed E-state index contributed by atoms with van der Waals surface area (Å²) < 4.78 is 5.83. The van der Waals surface area contributed by atoms with Crippen molar-refractivity contribution < 1.29 is 14.6 Å². The van der Waals surface area contributed by atoms with Gasteiger partial charge in [-0.1, -0.05) is 61.9 Å². The van der Waals surface area contributed by atoms with E-state index in [2.05, 4.69) is 29.3 Å². The summed E-state index contributed by atoms with van der Waals surface area (Å²) in [6, 6.07) is 24.9. The summed E-state index contributed by atoms with van der Waals surface area (Å²) in [6.07, 6.45) is 5.00. The van der Waals surface area contributed by atoms with Gasteiger partial charge in [-0.15, -0.1) is 0 Å². The molecule has 5 nitrogen and oxygen atoms in total. The molecule has 3 aromatic rings. The summed E-state index contributed by atoms with van der Waals surface area (Å²) in [5, 5.41) is 13.6. The monoisotopic (exact) mass is 444 g/mol. The van der Waals surface area contributed by atoms with Crippen molar-refractivity contribution in [3.63, 3.8) is 0 Å². The SMILES string of the molecule is CCC1(NC(=O)c2ccc(O)c(OCc3ccccc3)c2)CCCCCN1c1ccccc1. The lowest BCUT2D eigenvalue weighted by Gasteiger charge is -2.44. The average molecular weight is 445 g/mol. The number of amides is 1. The molecule has 0 spiro atoms. The Balaban J connectivity index is 1.56. The molecule has 1 aliphatic rings. The highest BCUT2D eigenvalue weighted by Gasteiger charge is 2.38. The van der Waals surface area contributed by atoms with Crippen molar-refractivity contribution in [1.29, 1.82) is 0 Å². The summed E-state index contributed by atoms with van der Waals surface area (Å²) >= 11 is 0. The molecule has 1 unspecified atom stereocenters. The topological polar surface area (TPSA) is 61.8 Å². The molecule has 0 aliphatic carbocycles. The molecule has 1 aliphatic heterocycles. The Morgan fingerprint density at radius 3 is 2.45 bits per heavy atom. The van der Waals surface area contributed by atoms with E-state index < -0.39 is 5.66 Å². The highest BCUT2D eigenvalue weighted by molar-refractivity contribution is 5.95. The fourth-order valence-electron chi connectivity index (χ4n) is 4.57. The van der Waals surface area contributed by atoms with Crippen LogP contribution in [-0.4, -0.2) is 23.2 Å². The first kappa shape index (κ1) is 22.7. The minimum absolute atomic E-state index is 0.0214. The van der Waals surface area contributed by atoms with E-state index >= 15 is 0 Å². The second-order valence-electron chi connectivity index (χ2n) is 8.59. The van der Waals surface area contributed by atoms with Crippen LogP contribution in [0.15, 0.2) is 78.9 Å². The number of anilines is 1. The number of aromatic hydroxyl groups is 1. The Bertz CT molecular complexity index is 1060. The second-order valence-corrected chi connectivity index (χ2v) is 8.59. The van der Waals surface area contributed by atoms with Gasteiger partial charge >= 0.3 is 0 Å². The van der Waals surface area contributed by atoms with Gasteiger partial charge in [0, 0.05) is 17.8 Å². The van der Waals surface area contributed by atoms with Crippen LogP contribution in [0.1, 0.15) is 54.9 Å². The minimum Gasteiger partial charge on any atom is -0.504 e. The van der Waals surface area contributed by atoms with Gasteiger partial charge in [0.25, 0.3) is 5.91 Å². The fraction of sp³-hybridized carbons (Fsp3) is 0.321. The lowest BCUT2D eigenvalue weighted by atomic mass is 9.97. The van der Waals surface area contributed by atoms with Crippen molar-refractivity contribution in [2.24, 2.45) is 0 Å². The average Bonchev–Trinajstić information content (AvgIpc) is 3.07. The van der Waals surface area contributed by atoms with E-state index in [0.717, 1.165) is 49.9 Å². The first-order chi connectivity index (χ1) is 16.1. The number of para-hydroxylation sites is 1. The molecule has 4 rings (SSSR count). The molecule has 1 fully saturated rings. The fourth-order valence-corrected chi connectivity index (χ4v) is 4.57. The van der Waals surface area contributed by atoms with Crippen LogP contribution >= 0.6 is 0 Å². The molecule has 1 saturated heterocycles. The molecule has 2 N–H and O–H groups in total. The number of carbonyl (C=O) groups excluding carboxylic acids is 1. The number of carbonyl (C=O) groups is 1. The van der Waals surface area contributed by atoms with Gasteiger partial charge in [-0.25, -0.2) is 0 Å². The van der Waals surface area contributed by atoms with Gasteiger partial charge < -0.3 is 20.1 Å². The molecule has 1 atom stereocenters. The Morgan fingerprint density at radius 1 is 1.00 bits per heavy atom. The van der Waals surface area contributed by atoms with Crippen LogP contribution in [0.25, 0.3) is 0 Å². The smallest absolute Gasteiger partial charge is 0.253 e. The van der Waals surface area contributed by atoms with E-state index in [1.807, 2.05) is 48.5 Å². The van der Waals surface area contributed by atoms with Crippen LogP contribution in [0.4, 0.5) is 5.69 Å². The second kappa shape index (κ2) is 10.4. The van der Waals surface area contributed by atoms with Gasteiger partial charge in [-0.3, -0.25) is 4.79 Å². The van der Waals surface area contributed by atoms with E-state index in [-0.39, 0.29) is 11.7 Å². The Morgan fingerprint density at radius 2 is 1.73 bits per heavy atom. The maximum atomic E-state index is 13.4. The van der Waals surface area contributed by atoms with Gasteiger partial charge in [0.1, 0.15) is 12.3 Å².